The highest BCUT2D eigenvalue weighted by Gasteiger charge is 2.27. The van der Waals surface area contributed by atoms with Gasteiger partial charge in [-0.05, 0) is 5.92 Å². The predicted molar refractivity (Wildman–Crippen MR) is 61.6 cm³/mol. The number of nitrogens with one attached hydrogen (secondary N) is 1. The molecule has 1 rings (SSSR count). The highest BCUT2D eigenvalue weighted by molar-refractivity contribution is 5.81. The Balaban J connectivity index is 2.61. The Morgan fingerprint density at radius 2 is 2.19 bits per heavy atom. The number of nitrogens with two attached hydrogens (primary N) is 1. The van der Waals surface area contributed by atoms with Gasteiger partial charge in [0.2, 0.25) is 11.8 Å². The van der Waals surface area contributed by atoms with E-state index in [1.54, 1.807) is 4.90 Å². The van der Waals surface area contributed by atoms with Crippen molar-refractivity contribution in [3.63, 3.8) is 0 Å². The molecule has 1 saturated heterocycles. The highest BCUT2D eigenvalue weighted by atomic mass is 16.2. The average Bonchev–Trinajstić information content (AvgIpc) is 2.43. The number of hydrogen-bond acceptors (Lipinski definition) is 3. The molecule has 0 aromatic heterocycles. The smallest absolute Gasteiger partial charge is 0.227 e. The van der Waals surface area contributed by atoms with Crippen LogP contribution in [-0.4, -0.2) is 42.9 Å². The fourth-order valence-electron chi connectivity index (χ4n) is 1.88. The van der Waals surface area contributed by atoms with Crippen molar-refractivity contribution in [1.29, 1.82) is 0 Å². The minimum Gasteiger partial charge on any atom is -0.354 e. The first kappa shape index (κ1) is 13.0. The van der Waals surface area contributed by atoms with Crippen LogP contribution in [0.15, 0.2) is 0 Å². The van der Waals surface area contributed by atoms with Crippen LogP contribution in [0.4, 0.5) is 0 Å². The minimum absolute atomic E-state index is 0.0177. The van der Waals surface area contributed by atoms with Gasteiger partial charge >= 0.3 is 0 Å². The normalized spacial score (nSPS) is 19.2. The average molecular weight is 227 g/mol. The van der Waals surface area contributed by atoms with E-state index in [1.807, 2.05) is 13.8 Å². The molecule has 2 amide bonds. The van der Waals surface area contributed by atoms with Gasteiger partial charge in [0.1, 0.15) is 0 Å². The molecule has 1 heterocycles. The standard InChI is InChI=1S/C11H21N3O2/c1-8(2)9(7-12)11(16)14-5-3-10(15)13-4-6-14/h8-9H,3-7,12H2,1-2H3,(H,13,15). The summed E-state index contributed by atoms with van der Waals surface area (Å²) in [6, 6.07) is 0. The quantitative estimate of drug-likeness (QED) is 0.686. The summed E-state index contributed by atoms with van der Waals surface area (Å²) < 4.78 is 0. The summed E-state index contributed by atoms with van der Waals surface area (Å²) in [6.07, 6.45) is 0.390. The van der Waals surface area contributed by atoms with Crippen LogP contribution in [0.2, 0.25) is 0 Å². The fraction of sp³-hybridized carbons (Fsp3) is 0.818. The maximum Gasteiger partial charge on any atom is 0.227 e. The fourth-order valence-corrected chi connectivity index (χ4v) is 1.88. The van der Waals surface area contributed by atoms with E-state index in [1.165, 1.54) is 0 Å². The zero-order chi connectivity index (χ0) is 12.1. The van der Waals surface area contributed by atoms with Crippen LogP contribution < -0.4 is 11.1 Å². The second-order valence-electron chi connectivity index (χ2n) is 4.51. The van der Waals surface area contributed by atoms with Gasteiger partial charge in [-0.1, -0.05) is 13.8 Å². The first-order valence-electron chi connectivity index (χ1n) is 5.81. The third-order valence-corrected chi connectivity index (χ3v) is 3.00. The topological polar surface area (TPSA) is 75.4 Å². The first-order valence-corrected chi connectivity index (χ1v) is 5.81. The molecule has 92 valence electrons. The molecule has 0 aromatic carbocycles. The van der Waals surface area contributed by atoms with Crippen LogP contribution in [-0.2, 0) is 9.59 Å². The van der Waals surface area contributed by atoms with Gasteiger partial charge in [0.25, 0.3) is 0 Å². The Morgan fingerprint density at radius 3 is 2.75 bits per heavy atom. The Kier molecular flexibility index (Phi) is 4.73. The maximum absolute atomic E-state index is 12.1. The van der Waals surface area contributed by atoms with Crippen LogP contribution in [0.5, 0.6) is 0 Å². The van der Waals surface area contributed by atoms with Crippen LogP contribution in [0, 0.1) is 11.8 Å². The van der Waals surface area contributed by atoms with Crippen LogP contribution in [0.25, 0.3) is 0 Å². The Bertz CT molecular complexity index is 266. The molecular formula is C11H21N3O2. The lowest BCUT2D eigenvalue weighted by Gasteiger charge is -2.26. The number of amides is 2. The molecule has 1 aliphatic heterocycles. The van der Waals surface area contributed by atoms with Gasteiger partial charge in [-0.15, -0.1) is 0 Å². The van der Waals surface area contributed by atoms with Crippen molar-refractivity contribution in [2.24, 2.45) is 17.6 Å². The van der Waals surface area contributed by atoms with Crippen molar-refractivity contribution < 1.29 is 9.59 Å². The molecule has 1 fully saturated rings. The molecule has 3 N–H and O–H groups in total. The first-order chi connectivity index (χ1) is 7.56. The van der Waals surface area contributed by atoms with Crippen molar-refractivity contribution in [3.8, 4) is 0 Å². The molecular weight excluding hydrogens is 206 g/mol. The van der Waals surface area contributed by atoms with Gasteiger partial charge in [-0.3, -0.25) is 9.59 Å². The summed E-state index contributed by atoms with van der Waals surface area (Å²) in [5.74, 6) is 0.204. The number of carbonyl (C=O) groups excluding carboxylic acids is 2. The van der Waals surface area contributed by atoms with Gasteiger partial charge in [0.15, 0.2) is 0 Å². The molecule has 0 bridgehead atoms. The number of nitrogens with zero attached hydrogens (tertiary/aromatic N) is 1. The van der Waals surface area contributed by atoms with Crippen molar-refractivity contribution in [2.75, 3.05) is 26.2 Å². The zero-order valence-electron chi connectivity index (χ0n) is 10.0. The summed E-state index contributed by atoms with van der Waals surface area (Å²) in [5.41, 5.74) is 5.62. The number of carbonyl (C=O) groups is 2. The van der Waals surface area contributed by atoms with Gasteiger partial charge < -0.3 is 16.0 Å². The zero-order valence-corrected chi connectivity index (χ0v) is 10.0. The van der Waals surface area contributed by atoms with E-state index in [0.29, 0.717) is 32.6 Å². The molecule has 0 spiro atoms. The van der Waals surface area contributed by atoms with Crippen LogP contribution in [0.3, 0.4) is 0 Å². The Labute approximate surface area is 96.4 Å². The summed E-state index contributed by atoms with van der Waals surface area (Å²) in [5, 5.41) is 2.75. The SMILES string of the molecule is CC(C)C(CN)C(=O)N1CCNC(=O)CC1. The van der Waals surface area contributed by atoms with E-state index in [9.17, 15) is 9.59 Å². The van der Waals surface area contributed by atoms with Gasteiger partial charge in [-0.25, -0.2) is 0 Å². The number of hydrogen-bond donors (Lipinski definition) is 2. The molecule has 1 atom stereocenters. The van der Waals surface area contributed by atoms with Crippen molar-refractivity contribution >= 4 is 11.8 Å². The third-order valence-electron chi connectivity index (χ3n) is 3.00. The molecule has 1 unspecified atom stereocenters. The Morgan fingerprint density at radius 1 is 1.50 bits per heavy atom. The minimum atomic E-state index is -0.131. The van der Waals surface area contributed by atoms with Crippen molar-refractivity contribution in [3.05, 3.63) is 0 Å². The summed E-state index contributed by atoms with van der Waals surface area (Å²) in [7, 11) is 0. The van der Waals surface area contributed by atoms with E-state index in [2.05, 4.69) is 5.32 Å². The summed E-state index contributed by atoms with van der Waals surface area (Å²) in [4.78, 5) is 25.0. The van der Waals surface area contributed by atoms with Crippen molar-refractivity contribution in [2.45, 2.75) is 20.3 Å². The lowest BCUT2D eigenvalue weighted by atomic mass is 9.94. The number of rotatable bonds is 3. The second kappa shape index (κ2) is 5.84. The van der Waals surface area contributed by atoms with Gasteiger partial charge in [0.05, 0.1) is 5.92 Å². The molecule has 0 aromatic rings. The third kappa shape index (κ3) is 3.20. The van der Waals surface area contributed by atoms with Crippen LogP contribution >= 0.6 is 0 Å². The highest BCUT2D eigenvalue weighted by Crippen LogP contribution is 2.13. The van der Waals surface area contributed by atoms with Gasteiger partial charge in [0, 0.05) is 32.6 Å². The molecule has 0 aliphatic carbocycles. The molecule has 1 aliphatic rings. The molecule has 5 nitrogen and oxygen atoms in total. The Hall–Kier alpha value is -1.10. The molecule has 0 saturated carbocycles. The van der Waals surface area contributed by atoms with Crippen molar-refractivity contribution in [1.82, 2.24) is 10.2 Å². The maximum atomic E-state index is 12.1. The molecule has 0 radical (unpaired) electrons. The lowest BCUT2D eigenvalue weighted by molar-refractivity contribution is -0.136. The summed E-state index contributed by atoms with van der Waals surface area (Å²) in [6.45, 7) is 6.00. The molecule has 16 heavy (non-hydrogen) atoms. The van der Waals surface area contributed by atoms with E-state index >= 15 is 0 Å². The van der Waals surface area contributed by atoms with E-state index in [-0.39, 0.29) is 23.7 Å². The van der Waals surface area contributed by atoms with E-state index < -0.39 is 0 Å². The predicted octanol–water partition coefficient (Wildman–Crippen LogP) is -0.434. The van der Waals surface area contributed by atoms with Gasteiger partial charge in [-0.2, -0.15) is 0 Å². The van der Waals surface area contributed by atoms with E-state index in [0.717, 1.165) is 0 Å². The largest absolute Gasteiger partial charge is 0.354 e. The van der Waals surface area contributed by atoms with Crippen LogP contribution in [0.1, 0.15) is 20.3 Å². The summed E-state index contributed by atoms with van der Waals surface area (Å²) >= 11 is 0. The molecule has 5 heteroatoms. The van der Waals surface area contributed by atoms with E-state index in [4.69, 9.17) is 5.73 Å². The monoisotopic (exact) mass is 227 g/mol. The lowest BCUT2D eigenvalue weighted by Crippen LogP contribution is -2.42. The second-order valence-corrected chi connectivity index (χ2v) is 4.51.